The van der Waals surface area contributed by atoms with Crippen molar-refractivity contribution in [3.63, 3.8) is 0 Å². The van der Waals surface area contributed by atoms with E-state index in [1.807, 2.05) is 24.3 Å². The third kappa shape index (κ3) is 1.54. The molecule has 0 aliphatic heterocycles. The molecule has 0 aliphatic rings. The van der Waals surface area contributed by atoms with Crippen molar-refractivity contribution in [2.75, 3.05) is 0 Å². The first-order valence-corrected chi connectivity index (χ1v) is 4.29. The highest BCUT2D eigenvalue weighted by molar-refractivity contribution is 5.87. The molecule has 0 fully saturated rings. The van der Waals surface area contributed by atoms with E-state index in [2.05, 4.69) is 10.2 Å². The Hall–Kier alpha value is -1.97. The molecule has 1 aromatic carbocycles. The van der Waals surface area contributed by atoms with Gasteiger partial charge in [0.05, 0.1) is 17.5 Å². The van der Waals surface area contributed by atoms with E-state index < -0.39 is 0 Å². The first-order chi connectivity index (χ1) is 6.77. The normalized spacial score (nSPS) is 10.3. The molecule has 70 valence electrons. The molecule has 0 saturated heterocycles. The van der Waals surface area contributed by atoms with Crippen molar-refractivity contribution in [2.45, 2.75) is 6.42 Å². The van der Waals surface area contributed by atoms with Gasteiger partial charge in [-0.1, -0.05) is 18.2 Å². The minimum atomic E-state index is 0.142. The second kappa shape index (κ2) is 3.41. The zero-order valence-corrected chi connectivity index (χ0v) is 7.57. The molecule has 4 nitrogen and oxygen atoms in total. The van der Waals surface area contributed by atoms with Crippen LogP contribution in [0.3, 0.4) is 0 Å². The smallest absolute Gasteiger partial charge is 0.0950 e. The van der Waals surface area contributed by atoms with E-state index in [0.29, 0.717) is 6.42 Å². The van der Waals surface area contributed by atoms with E-state index in [-0.39, 0.29) is 5.84 Å². The van der Waals surface area contributed by atoms with Crippen LogP contribution in [-0.4, -0.2) is 16.0 Å². The van der Waals surface area contributed by atoms with Gasteiger partial charge in [-0.05, 0) is 11.6 Å². The molecule has 0 spiro atoms. The van der Waals surface area contributed by atoms with Gasteiger partial charge in [-0.15, -0.1) is 0 Å². The summed E-state index contributed by atoms with van der Waals surface area (Å²) >= 11 is 0. The number of nitrogens with one attached hydrogen (secondary N) is 1. The first-order valence-electron chi connectivity index (χ1n) is 4.29. The summed E-state index contributed by atoms with van der Waals surface area (Å²) in [6, 6.07) is 7.70. The third-order valence-corrected chi connectivity index (χ3v) is 2.01. The molecular formula is C10H10N4. The summed E-state index contributed by atoms with van der Waals surface area (Å²) in [5.74, 6) is 0.142. The molecule has 2 rings (SSSR count). The van der Waals surface area contributed by atoms with Gasteiger partial charge in [-0.2, -0.15) is 10.2 Å². The standard InChI is InChI=1S/C10H10N4/c11-10(12)5-7-6-13-14-9-4-2-1-3-8(7)9/h1-4,6H,5H2,(H3,11,12). The molecule has 2 aromatic rings. The van der Waals surface area contributed by atoms with E-state index in [4.69, 9.17) is 11.1 Å². The van der Waals surface area contributed by atoms with Crippen LogP contribution >= 0.6 is 0 Å². The Morgan fingerprint density at radius 2 is 2.14 bits per heavy atom. The van der Waals surface area contributed by atoms with Gasteiger partial charge < -0.3 is 5.73 Å². The van der Waals surface area contributed by atoms with Gasteiger partial charge in [0.25, 0.3) is 0 Å². The summed E-state index contributed by atoms with van der Waals surface area (Å²) in [4.78, 5) is 0. The fourth-order valence-electron chi connectivity index (χ4n) is 1.41. The Morgan fingerprint density at radius 3 is 2.93 bits per heavy atom. The van der Waals surface area contributed by atoms with Gasteiger partial charge >= 0.3 is 0 Å². The summed E-state index contributed by atoms with van der Waals surface area (Å²) in [6.45, 7) is 0. The summed E-state index contributed by atoms with van der Waals surface area (Å²) in [5.41, 5.74) is 7.14. The van der Waals surface area contributed by atoms with Crippen molar-refractivity contribution in [1.29, 1.82) is 5.41 Å². The number of rotatable bonds is 2. The number of nitrogens with zero attached hydrogens (tertiary/aromatic N) is 2. The zero-order chi connectivity index (χ0) is 9.97. The Labute approximate surface area is 81.3 Å². The fraction of sp³-hybridized carbons (Fsp3) is 0.100. The van der Waals surface area contributed by atoms with Crippen molar-refractivity contribution in [2.24, 2.45) is 5.73 Å². The van der Waals surface area contributed by atoms with Crippen LogP contribution in [0.1, 0.15) is 5.56 Å². The van der Waals surface area contributed by atoms with Crippen LogP contribution in [0.25, 0.3) is 10.9 Å². The van der Waals surface area contributed by atoms with Crippen LogP contribution < -0.4 is 5.73 Å². The number of nitrogens with two attached hydrogens (primary N) is 1. The lowest BCUT2D eigenvalue weighted by Gasteiger charge is -2.02. The highest BCUT2D eigenvalue weighted by Crippen LogP contribution is 2.14. The summed E-state index contributed by atoms with van der Waals surface area (Å²) in [6.07, 6.45) is 2.08. The van der Waals surface area contributed by atoms with Crippen LogP contribution in [0.5, 0.6) is 0 Å². The lowest BCUT2D eigenvalue weighted by atomic mass is 10.1. The lowest BCUT2D eigenvalue weighted by molar-refractivity contribution is 1.05. The van der Waals surface area contributed by atoms with E-state index in [9.17, 15) is 0 Å². The lowest BCUT2D eigenvalue weighted by Crippen LogP contribution is -2.13. The monoisotopic (exact) mass is 186 g/mol. The SMILES string of the molecule is N=C(N)Cc1cnnc2ccccc12. The van der Waals surface area contributed by atoms with Crippen molar-refractivity contribution < 1.29 is 0 Å². The molecular weight excluding hydrogens is 176 g/mol. The third-order valence-electron chi connectivity index (χ3n) is 2.01. The molecule has 1 heterocycles. The number of hydrogen-bond donors (Lipinski definition) is 2. The number of hydrogen-bond acceptors (Lipinski definition) is 3. The van der Waals surface area contributed by atoms with E-state index >= 15 is 0 Å². The number of benzene rings is 1. The van der Waals surface area contributed by atoms with Gasteiger partial charge in [0.15, 0.2) is 0 Å². The summed E-state index contributed by atoms with van der Waals surface area (Å²) in [5, 5.41) is 16.1. The van der Waals surface area contributed by atoms with Gasteiger partial charge in [0.2, 0.25) is 0 Å². The van der Waals surface area contributed by atoms with Crippen LogP contribution in [0.2, 0.25) is 0 Å². The van der Waals surface area contributed by atoms with Crippen LogP contribution in [-0.2, 0) is 6.42 Å². The molecule has 0 aliphatic carbocycles. The average Bonchev–Trinajstić information content (AvgIpc) is 2.18. The predicted octanol–water partition coefficient (Wildman–Crippen LogP) is 1.11. The highest BCUT2D eigenvalue weighted by atomic mass is 15.1. The molecule has 14 heavy (non-hydrogen) atoms. The molecule has 0 atom stereocenters. The molecule has 0 radical (unpaired) electrons. The summed E-state index contributed by atoms with van der Waals surface area (Å²) < 4.78 is 0. The van der Waals surface area contributed by atoms with Gasteiger partial charge in [0, 0.05) is 11.8 Å². The Kier molecular flexibility index (Phi) is 2.10. The van der Waals surface area contributed by atoms with Gasteiger partial charge in [0.1, 0.15) is 0 Å². The highest BCUT2D eigenvalue weighted by Gasteiger charge is 2.02. The fourth-order valence-corrected chi connectivity index (χ4v) is 1.41. The van der Waals surface area contributed by atoms with Gasteiger partial charge in [-0.25, -0.2) is 0 Å². The largest absolute Gasteiger partial charge is 0.387 e. The van der Waals surface area contributed by atoms with Crippen LogP contribution in [0.15, 0.2) is 30.5 Å². The van der Waals surface area contributed by atoms with E-state index in [1.165, 1.54) is 0 Å². The average molecular weight is 186 g/mol. The van der Waals surface area contributed by atoms with Crippen LogP contribution in [0.4, 0.5) is 0 Å². The Balaban J connectivity index is 2.59. The van der Waals surface area contributed by atoms with Crippen molar-refractivity contribution in [3.8, 4) is 0 Å². The second-order valence-corrected chi connectivity index (χ2v) is 3.09. The number of aromatic nitrogens is 2. The first kappa shape index (κ1) is 8.62. The molecule has 3 N–H and O–H groups in total. The predicted molar refractivity (Wildman–Crippen MR) is 55.2 cm³/mol. The second-order valence-electron chi connectivity index (χ2n) is 3.09. The Bertz CT molecular complexity index is 473. The quantitative estimate of drug-likeness (QED) is 0.545. The van der Waals surface area contributed by atoms with Crippen LogP contribution in [0, 0.1) is 5.41 Å². The topological polar surface area (TPSA) is 75.7 Å². The molecule has 0 bridgehead atoms. The zero-order valence-electron chi connectivity index (χ0n) is 7.57. The molecule has 0 saturated carbocycles. The summed E-state index contributed by atoms with van der Waals surface area (Å²) in [7, 11) is 0. The molecule has 1 aromatic heterocycles. The maximum atomic E-state index is 7.24. The number of fused-ring (bicyclic) bond motifs is 1. The van der Waals surface area contributed by atoms with Gasteiger partial charge in [-0.3, -0.25) is 5.41 Å². The van der Waals surface area contributed by atoms with Crippen molar-refractivity contribution >= 4 is 16.7 Å². The van der Waals surface area contributed by atoms with Crippen molar-refractivity contribution in [1.82, 2.24) is 10.2 Å². The number of amidine groups is 1. The van der Waals surface area contributed by atoms with E-state index in [1.54, 1.807) is 6.20 Å². The minimum absolute atomic E-state index is 0.142. The van der Waals surface area contributed by atoms with Crippen molar-refractivity contribution in [3.05, 3.63) is 36.0 Å². The Morgan fingerprint density at radius 1 is 1.36 bits per heavy atom. The maximum absolute atomic E-state index is 7.24. The molecule has 0 amide bonds. The van der Waals surface area contributed by atoms with E-state index in [0.717, 1.165) is 16.5 Å². The minimum Gasteiger partial charge on any atom is -0.387 e. The molecule has 0 unspecified atom stereocenters. The maximum Gasteiger partial charge on any atom is 0.0950 e. The molecule has 4 heteroatoms.